The highest BCUT2D eigenvalue weighted by Gasteiger charge is 2.17. The van der Waals surface area contributed by atoms with Gasteiger partial charge >= 0.3 is 0 Å². The molecule has 2 rings (SSSR count). The van der Waals surface area contributed by atoms with E-state index in [0.29, 0.717) is 12.1 Å². The summed E-state index contributed by atoms with van der Waals surface area (Å²) in [4.78, 5) is 5.23. The van der Waals surface area contributed by atoms with E-state index in [9.17, 15) is 0 Å². The molecule has 0 amide bonds. The molecule has 0 aromatic rings. The molecule has 135 valence electrons. The Bertz CT molecular complexity index is 271. The fourth-order valence-electron chi connectivity index (χ4n) is 3.62. The second-order valence-corrected chi connectivity index (χ2v) is 7.26. The summed E-state index contributed by atoms with van der Waals surface area (Å²) in [5.74, 6) is 0. The van der Waals surface area contributed by atoms with Gasteiger partial charge in [-0.1, -0.05) is 0 Å². The normalized spacial score (nSPS) is 27.4. The summed E-state index contributed by atoms with van der Waals surface area (Å²) >= 11 is 0. The minimum absolute atomic E-state index is 0.702. The van der Waals surface area contributed by atoms with Crippen LogP contribution in [0.1, 0.15) is 39.5 Å². The monoisotopic (exact) mass is 324 g/mol. The van der Waals surface area contributed by atoms with Crippen LogP contribution in [0.5, 0.6) is 0 Å². The third-order valence-corrected chi connectivity index (χ3v) is 5.30. The zero-order chi connectivity index (χ0) is 16.3. The average Bonchev–Trinajstić information content (AvgIpc) is 2.56. The minimum atomic E-state index is 0.702. The van der Waals surface area contributed by atoms with Gasteiger partial charge in [0.25, 0.3) is 0 Å². The van der Waals surface area contributed by atoms with Crippen molar-refractivity contribution in [3.63, 3.8) is 0 Å². The van der Waals surface area contributed by atoms with E-state index in [4.69, 9.17) is 5.32 Å². The molecular weight excluding hydrogens is 286 g/mol. The van der Waals surface area contributed by atoms with Crippen molar-refractivity contribution in [3.8, 4) is 0 Å². The SMILES string of the molecule is CC1CNCCN1CCCC[N]CCCCN1CCNCC1C. The molecule has 23 heavy (non-hydrogen) atoms. The summed E-state index contributed by atoms with van der Waals surface area (Å²) in [7, 11) is 0. The molecule has 2 fully saturated rings. The highest BCUT2D eigenvalue weighted by Crippen LogP contribution is 2.05. The predicted octanol–water partition coefficient (Wildman–Crippen LogP) is 0.739. The van der Waals surface area contributed by atoms with Crippen molar-refractivity contribution in [1.29, 1.82) is 0 Å². The maximum atomic E-state index is 4.71. The molecule has 0 aromatic carbocycles. The molecule has 2 heterocycles. The van der Waals surface area contributed by atoms with E-state index in [0.717, 1.165) is 39.3 Å². The molecule has 5 nitrogen and oxygen atoms in total. The molecule has 0 bridgehead atoms. The summed E-state index contributed by atoms with van der Waals surface area (Å²) in [5.41, 5.74) is 0. The third-order valence-electron chi connectivity index (χ3n) is 5.30. The molecular formula is C18H38N5. The van der Waals surface area contributed by atoms with Gasteiger partial charge in [0.2, 0.25) is 0 Å². The first-order chi connectivity index (χ1) is 11.3. The maximum absolute atomic E-state index is 4.71. The zero-order valence-electron chi connectivity index (χ0n) is 15.4. The Kier molecular flexibility index (Phi) is 9.46. The largest absolute Gasteiger partial charge is 0.314 e. The number of rotatable bonds is 10. The highest BCUT2D eigenvalue weighted by molar-refractivity contribution is 4.76. The van der Waals surface area contributed by atoms with Gasteiger partial charge < -0.3 is 10.6 Å². The van der Waals surface area contributed by atoms with Crippen LogP contribution in [0.3, 0.4) is 0 Å². The molecule has 5 heteroatoms. The lowest BCUT2D eigenvalue weighted by atomic mass is 10.2. The van der Waals surface area contributed by atoms with Gasteiger partial charge in [0.15, 0.2) is 0 Å². The van der Waals surface area contributed by atoms with Crippen LogP contribution in [0.25, 0.3) is 0 Å². The zero-order valence-corrected chi connectivity index (χ0v) is 15.4. The van der Waals surface area contributed by atoms with Gasteiger partial charge in [0, 0.05) is 64.4 Å². The topological polar surface area (TPSA) is 44.6 Å². The maximum Gasteiger partial charge on any atom is 0.0192 e. The van der Waals surface area contributed by atoms with E-state index in [2.05, 4.69) is 34.3 Å². The second kappa shape index (κ2) is 11.4. The van der Waals surface area contributed by atoms with Gasteiger partial charge in [-0.3, -0.25) is 9.80 Å². The molecule has 0 saturated carbocycles. The van der Waals surface area contributed by atoms with Gasteiger partial charge in [-0.2, -0.15) is 0 Å². The number of piperazine rings is 2. The Hall–Kier alpha value is -0.200. The Morgan fingerprint density at radius 3 is 1.70 bits per heavy atom. The Balaban J connectivity index is 1.36. The first kappa shape index (κ1) is 19.1. The van der Waals surface area contributed by atoms with Crippen LogP contribution in [0.4, 0.5) is 0 Å². The van der Waals surface area contributed by atoms with Crippen molar-refractivity contribution >= 4 is 0 Å². The Morgan fingerprint density at radius 1 is 0.783 bits per heavy atom. The molecule has 2 unspecified atom stereocenters. The van der Waals surface area contributed by atoms with Gasteiger partial charge in [0.1, 0.15) is 0 Å². The standard InChI is InChI=1S/C18H38N5/c1-17-15-20-9-13-22(17)11-5-3-7-19-8-4-6-12-23-14-10-21-16-18(23)2/h17-18,20-21H,3-16H2,1-2H3. The predicted molar refractivity (Wildman–Crippen MR) is 98.1 cm³/mol. The van der Waals surface area contributed by atoms with Crippen LogP contribution < -0.4 is 16.0 Å². The van der Waals surface area contributed by atoms with Gasteiger partial charge in [-0.25, -0.2) is 5.32 Å². The smallest absolute Gasteiger partial charge is 0.0192 e. The van der Waals surface area contributed by atoms with Crippen molar-refractivity contribution in [1.82, 2.24) is 25.8 Å². The summed E-state index contributed by atoms with van der Waals surface area (Å²) in [5, 5.41) is 11.6. The summed E-state index contributed by atoms with van der Waals surface area (Å²) < 4.78 is 0. The molecule has 2 aliphatic rings. The number of hydrogen-bond donors (Lipinski definition) is 2. The quantitative estimate of drug-likeness (QED) is 0.582. The number of unbranched alkanes of at least 4 members (excludes halogenated alkanes) is 2. The average molecular weight is 325 g/mol. The van der Waals surface area contributed by atoms with Crippen LogP contribution in [0.15, 0.2) is 0 Å². The van der Waals surface area contributed by atoms with E-state index >= 15 is 0 Å². The molecule has 2 atom stereocenters. The molecule has 2 saturated heterocycles. The highest BCUT2D eigenvalue weighted by atomic mass is 15.2. The fraction of sp³-hybridized carbons (Fsp3) is 1.00. The Morgan fingerprint density at radius 2 is 1.26 bits per heavy atom. The summed E-state index contributed by atoms with van der Waals surface area (Å²) in [6.45, 7) is 16.3. The molecule has 2 N–H and O–H groups in total. The van der Waals surface area contributed by atoms with Crippen LogP contribution >= 0.6 is 0 Å². The number of nitrogens with one attached hydrogen (secondary N) is 2. The lowest BCUT2D eigenvalue weighted by molar-refractivity contribution is 0.169. The van der Waals surface area contributed by atoms with Gasteiger partial charge in [-0.05, 0) is 52.6 Å². The van der Waals surface area contributed by atoms with Crippen LogP contribution in [-0.2, 0) is 0 Å². The second-order valence-electron chi connectivity index (χ2n) is 7.26. The molecule has 2 aliphatic heterocycles. The fourth-order valence-corrected chi connectivity index (χ4v) is 3.62. The van der Waals surface area contributed by atoms with E-state index in [1.54, 1.807) is 0 Å². The first-order valence-electron chi connectivity index (χ1n) is 9.80. The molecule has 0 spiro atoms. The van der Waals surface area contributed by atoms with Crippen molar-refractivity contribution in [2.75, 3.05) is 65.4 Å². The molecule has 0 aromatic heterocycles. The van der Waals surface area contributed by atoms with E-state index < -0.39 is 0 Å². The minimum Gasteiger partial charge on any atom is -0.314 e. The van der Waals surface area contributed by atoms with Crippen molar-refractivity contribution < 1.29 is 0 Å². The third kappa shape index (κ3) is 7.48. The Labute approximate surface area is 143 Å². The summed E-state index contributed by atoms with van der Waals surface area (Å²) in [6, 6.07) is 1.40. The lowest BCUT2D eigenvalue weighted by Crippen LogP contribution is -2.50. The lowest BCUT2D eigenvalue weighted by Gasteiger charge is -2.33. The molecule has 0 aliphatic carbocycles. The molecule has 1 radical (unpaired) electrons. The van der Waals surface area contributed by atoms with E-state index in [1.807, 2.05) is 0 Å². The van der Waals surface area contributed by atoms with Crippen molar-refractivity contribution in [3.05, 3.63) is 0 Å². The number of hydrogen-bond acceptors (Lipinski definition) is 4. The number of nitrogens with zero attached hydrogens (tertiary/aromatic N) is 3. The van der Waals surface area contributed by atoms with Crippen LogP contribution in [0, 0.1) is 0 Å². The van der Waals surface area contributed by atoms with Crippen molar-refractivity contribution in [2.45, 2.75) is 51.6 Å². The van der Waals surface area contributed by atoms with Gasteiger partial charge in [0.05, 0.1) is 0 Å². The van der Waals surface area contributed by atoms with E-state index in [-0.39, 0.29) is 0 Å². The van der Waals surface area contributed by atoms with Crippen LogP contribution in [0.2, 0.25) is 0 Å². The van der Waals surface area contributed by atoms with Gasteiger partial charge in [-0.15, -0.1) is 0 Å². The van der Waals surface area contributed by atoms with E-state index in [1.165, 1.54) is 51.9 Å². The van der Waals surface area contributed by atoms with Crippen LogP contribution in [-0.4, -0.2) is 87.3 Å². The first-order valence-corrected chi connectivity index (χ1v) is 9.80. The summed E-state index contributed by atoms with van der Waals surface area (Å²) in [6.07, 6.45) is 5.11. The van der Waals surface area contributed by atoms with Crippen molar-refractivity contribution in [2.24, 2.45) is 0 Å².